The molecule has 3 aromatic rings. The van der Waals surface area contributed by atoms with E-state index in [-0.39, 0.29) is 5.82 Å². The molecule has 1 saturated heterocycles. The van der Waals surface area contributed by atoms with Crippen molar-refractivity contribution in [2.45, 2.75) is 26.2 Å². The molecule has 0 radical (unpaired) electrons. The van der Waals surface area contributed by atoms with Crippen LogP contribution in [0.4, 0.5) is 5.82 Å². The zero-order valence-electron chi connectivity index (χ0n) is 14.2. The summed E-state index contributed by atoms with van der Waals surface area (Å²) in [6.45, 7) is 5.84. The van der Waals surface area contributed by atoms with Gasteiger partial charge in [0.2, 0.25) is 0 Å². The average Bonchev–Trinajstić information content (AvgIpc) is 3.21. The number of aromatic nitrogens is 4. The number of aromatic carboxylic acids is 1. The van der Waals surface area contributed by atoms with E-state index in [0.29, 0.717) is 11.6 Å². The van der Waals surface area contributed by atoms with Gasteiger partial charge in [0.05, 0.1) is 0 Å². The SMILES string of the molecule is Cc1cc(N2CC[C@H](c3cnccc3C)C2)n2nc(C(=O)O)nc2c1. The molecule has 4 heterocycles. The van der Waals surface area contributed by atoms with E-state index in [1.807, 2.05) is 37.5 Å². The molecular formula is C18H19N5O2. The van der Waals surface area contributed by atoms with Crippen LogP contribution in [-0.4, -0.2) is 43.7 Å². The minimum absolute atomic E-state index is 0.175. The fourth-order valence-corrected chi connectivity index (χ4v) is 3.54. The van der Waals surface area contributed by atoms with Gasteiger partial charge >= 0.3 is 5.97 Å². The normalized spacial score (nSPS) is 17.4. The Kier molecular flexibility index (Phi) is 3.63. The van der Waals surface area contributed by atoms with E-state index in [1.54, 1.807) is 4.52 Å². The second-order valence-electron chi connectivity index (χ2n) is 6.57. The molecular weight excluding hydrogens is 318 g/mol. The van der Waals surface area contributed by atoms with Gasteiger partial charge in [0, 0.05) is 31.4 Å². The largest absolute Gasteiger partial charge is 0.475 e. The Hall–Kier alpha value is -2.96. The molecule has 1 aliphatic rings. The molecule has 1 fully saturated rings. The first kappa shape index (κ1) is 15.6. The summed E-state index contributed by atoms with van der Waals surface area (Å²) >= 11 is 0. The van der Waals surface area contributed by atoms with Gasteiger partial charge in [0.1, 0.15) is 5.82 Å². The van der Waals surface area contributed by atoms with Gasteiger partial charge in [-0.05, 0) is 55.2 Å². The molecule has 7 heteroatoms. The van der Waals surface area contributed by atoms with Crippen molar-refractivity contribution in [3.05, 3.63) is 53.1 Å². The molecule has 25 heavy (non-hydrogen) atoms. The van der Waals surface area contributed by atoms with E-state index in [2.05, 4.69) is 26.9 Å². The summed E-state index contributed by atoms with van der Waals surface area (Å²) in [4.78, 5) is 21.8. The minimum atomic E-state index is -1.11. The molecule has 0 saturated carbocycles. The highest BCUT2D eigenvalue weighted by Gasteiger charge is 2.27. The summed E-state index contributed by atoms with van der Waals surface area (Å²) in [6.07, 6.45) is 4.80. The number of aryl methyl sites for hydroxylation is 2. The van der Waals surface area contributed by atoms with Crippen LogP contribution >= 0.6 is 0 Å². The van der Waals surface area contributed by atoms with Crippen molar-refractivity contribution < 1.29 is 9.90 Å². The van der Waals surface area contributed by atoms with E-state index in [9.17, 15) is 9.90 Å². The molecule has 0 bridgehead atoms. The first-order valence-electron chi connectivity index (χ1n) is 8.29. The van der Waals surface area contributed by atoms with Gasteiger partial charge in [0.15, 0.2) is 5.65 Å². The molecule has 0 spiro atoms. The average molecular weight is 337 g/mol. The van der Waals surface area contributed by atoms with Crippen molar-refractivity contribution in [1.82, 2.24) is 19.6 Å². The van der Waals surface area contributed by atoms with E-state index >= 15 is 0 Å². The zero-order valence-corrected chi connectivity index (χ0v) is 14.2. The maximum atomic E-state index is 11.2. The molecule has 0 aliphatic carbocycles. The number of pyridine rings is 2. The van der Waals surface area contributed by atoms with Gasteiger partial charge in [-0.1, -0.05) is 0 Å². The van der Waals surface area contributed by atoms with E-state index < -0.39 is 5.97 Å². The van der Waals surface area contributed by atoms with E-state index in [4.69, 9.17) is 0 Å². The lowest BCUT2D eigenvalue weighted by Gasteiger charge is -2.20. The highest BCUT2D eigenvalue weighted by Crippen LogP contribution is 2.32. The van der Waals surface area contributed by atoms with Crippen LogP contribution in [-0.2, 0) is 0 Å². The number of carboxylic acid groups (broad SMARTS) is 1. The Balaban J connectivity index is 1.71. The van der Waals surface area contributed by atoms with Crippen molar-refractivity contribution in [2.75, 3.05) is 18.0 Å². The second kappa shape index (κ2) is 5.84. The summed E-state index contributed by atoms with van der Waals surface area (Å²) in [5.41, 5.74) is 4.13. The maximum absolute atomic E-state index is 11.2. The van der Waals surface area contributed by atoms with Gasteiger partial charge in [0.25, 0.3) is 5.82 Å². The van der Waals surface area contributed by atoms with Crippen molar-refractivity contribution in [3.8, 4) is 0 Å². The molecule has 1 atom stereocenters. The number of fused-ring (bicyclic) bond motifs is 1. The molecule has 128 valence electrons. The van der Waals surface area contributed by atoms with Gasteiger partial charge in [-0.2, -0.15) is 4.52 Å². The predicted molar refractivity (Wildman–Crippen MR) is 93.2 cm³/mol. The van der Waals surface area contributed by atoms with E-state index in [0.717, 1.165) is 30.9 Å². The third-order valence-electron chi connectivity index (χ3n) is 4.79. The summed E-state index contributed by atoms with van der Waals surface area (Å²) in [6, 6.07) is 5.92. The molecule has 4 rings (SSSR count). The minimum Gasteiger partial charge on any atom is -0.475 e. The fraction of sp³-hybridized carbons (Fsp3) is 0.333. The highest BCUT2D eigenvalue weighted by molar-refractivity contribution is 5.84. The van der Waals surface area contributed by atoms with Gasteiger partial charge in [-0.15, -0.1) is 5.10 Å². The Morgan fingerprint density at radius 2 is 2.16 bits per heavy atom. The zero-order chi connectivity index (χ0) is 17.6. The molecule has 0 aromatic carbocycles. The van der Waals surface area contributed by atoms with Crippen LogP contribution in [0, 0.1) is 13.8 Å². The number of hydrogen-bond acceptors (Lipinski definition) is 5. The lowest BCUT2D eigenvalue weighted by atomic mass is 9.96. The van der Waals surface area contributed by atoms with Crippen molar-refractivity contribution in [1.29, 1.82) is 0 Å². The van der Waals surface area contributed by atoms with Crippen LogP contribution in [0.25, 0.3) is 5.65 Å². The predicted octanol–water partition coefficient (Wildman–Crippen LogP) is 2.43. The molecule has 1 aliphatic heterocycles. The van der Waals surface area contributed by atoms with E-state index in [1.165, 1.54) is 11.1 Å². The summed E-state index contributed by atoms with van der Waals surface area (Å²) in [5, 5.41) is 13.3. The van der Waals surface area contributed by atoms with Gasteiger partial charge in [-0.25, -0.2) is 9.78 Å². The monoisotopic (exact) mass is 337 g/mol. The number of hydrogen-bond donors (Lipinski definition) is 1. The summed E-state index contributed by atoms with van der Waals surface area (Å²) in [5.74, 6) is 0.00839. The lowest BCUT2D eigenvalue weighted by molar-refractivity contribution is 0.0684. The smallest absolute Gasteiger partial charge is 0.375 e. The maximum Gasteiger partial charge on any atom is 0.375 e. The van der Waals surface area contributed by atoms with Crippen molar-refractivity contribution in [3.63, 3.8) is 0 Å². The van der Waals surface area contributed by atoms with Crippen LogP contribution in [0.15, 0.2) is 30.6 Å². The van der Waals surface area contributed by atoms with Crippen molar-refractivity contribution in [2.24, 2.45) is 0 Å². The Labute approximate surface area is 144 Å². The fourth-order valence-electron chi connectivity index (χ4n) is 3.54. The number of nitrogens with zero attached hydrogens (tertiary/aromatic N) is 5. The molecule has 3 aromatic heterocycles. The third-order valence-corrected chi connectivity index (χ3v) is 4.79. The lowest BCUT2D eigenvalue weighted by Crippen LogP contribution is -2.22. The molecule has 1 N–H and O–H groups in total. The first-order chi connectivity index (χ1) is 12.0. The van der Waals surface area contributed by atoms with Gasteiger partial charge < -0.3 is 10.0 Å². The number of carbonyl (C=O) groups is 1. The standard InChI is InChI=1S/C18H19N5O2/c1-11-7-15-20-17(18(24)25)21-23(15)16(8-11)22-6-4-13(10-22)14-9-19-5-3-12(14)2/h3,5,7-9,13H,4,6,10H2,1-2H3,(H,24,25)/t13-/m0/s1. The summed E-state index contributed by atoms with van der Waals surface area (Å²) in [7, 11) is 0. The quantitative estimate of drug-likeness (QED) is 0.790. The Bertz CT molecular complexity index is 965. The number of anilines is 1. The molecule has 0 amide bonds. The summed E-state index contributed by atoms with van der Waals surface area (Å²) < 4.78 is 1.63. The highest BCUT2D eigenvalue weighted by atomic mass is 16.4. The number of carboxylic acids is 1. The Morgan fingerprint density at radius 3 is 2.92 bits per heavy atom. The van der Waals surface area contributed by atoms with Crippen LogP contribution in [0.5, 0.6) is 0 Å². The first-order valence-corrected chi connectivity index (χ1v) is 8.29. The topological polar surface area (TPSA) is 83.6 Å². The van der Waals surface area contributed by atoms with Gasteiger partial charge in [-0.3, -0.25) is 4.98 Å². The van der Waals surface area contributed by atoms with Crippen LogP contribution in [0.1, 0.15) is 39.6 Å². The number of rotatable bonds is 3. The van der Waals surface area contributed by atoms with Crippen molar-refractivity contribution >= 4 is 17.4 Å². The molecule has 7 nitrogen and oxygen atoms in total. The Morgan fingerprint density at radius 1 is 1.32 bits per heavy atom. The molecule has 0 unspecified atom stereocenters. The van der Waals surface area contributed by atoms with Crippen LogP contribution < -0.4 is 4.90 Å². The third kappa shape index (κ3) is 2.71. The second-order valence-corrected chi connectivity index (χ2v) is 6.57. The van der Waals surface area contributed by atoms with Crippen LogP contribution in [0.2, 0.25) is 0 Å². The van der Waals surface area contributed by atoms with Crippen LogP contribution in [0.3, 0.4) is 0 Å².